The van der Waals surface area contributed by atoms with Gasteiger partial charge in [-0.1, -0.05) is 78.9 Å². The van der Waals surface area contributed by atoms with Gasteiger partial charge in [-0.05, 0) is 36.4 Å². The SMILES string of the molecule is c1ccc(-c2ccc3c(n2)c2ccc4sc5ccccc5c4c2n3-c2ccnc(-c3ccccc3)n2)cc1. The Hall–Kier alpha value is -4.87. The molecule has 0 radical (unpaired) electrons. The van der Waals surface area contributed by atoms with Crippen molar-refractivity contribution in [3.05, 3.63) is 121 Å². The van der Waals surface area contributed by atoms with Gasteiger partial charge in [-0.3, -0.25) is 4.57 Å². The molecule has 8 aromatic rings. The number of nitrogens with zero attached hydrogens (tertiary/aromatic N) is 4. The topological polar surface area (TPSA) is 43.6 Å². The van der Waals surface area contributed by atoms with Crippen molar-refractivity contribution in [3.63, 3.8) is 0 Å². The molecule has 4 heterocycles. The lowest BCUT2D eigenvalue weighted by Gasteiger charge is -2.09. The van der Waals surface area contributed by atoms with Crippen LogP contribution >= 0.6 is 11.3 Å². The summed E-state index contributed by atoms with van der Waals surface area (Å²) >= 11 is 1.82. The lowest BCUT2D eigenvalue weighted by molar-refractivity contribution is 1.05. The van der Waals surface area contributed by atoms with Crippen molar-refractivity contribution in [2.24, 2.45) is 0 Å². The van der Waals surface area contributed by atoms with Gasteiger partial charge in [0.15, 0.2) is 5.82 Å². The van der Waals surface area contributed by atoms with Crippen LogP contribution in [0.5, 0.6) is 0 Å². The second-order valence-electron chi connectivity index (χ2n) is 9.30. The zero-order chi connectivity index (χ0) is 25.1. The third-order valence-corrected chi connectivity index (χ3v) is 8.22. The number of aromatic nitrogens is 4. The highest BCUT2D eigenvalue weighted by Crippen LogP contribution is 2.42. The summed E-state index contributed by atoms with van der Waals surface area (Å²) in [5, 5.41) is 3.61. The molecule has 0 aliphatic carbocycles. The molecule has 0 saturated carbocycles. The fraction of sp³-hybridized carbons (Fsp3) is 0. The molecule has 0 aliphatic rings. The summed E-state index contributed by atoms with van der Waals surface area (Å²) in [6.07, 6.45) is 1.85. The molecular formula is C33H20N4S. The Balaban J connectivity index is 1.51. The highest BCUT2D eigenvalue weighted by atomic mass is 32.1. The minimum Gasteiger partial charge on any atom is -0.291 e. The maximum atomic E-state index is 5.21. The Kier molecular flexibility index (Phi) is 4.66. The van der Waals surface area contributed by atoms with Crippen LogP contribution in [0.4, 0.5) is 0 Å². The highest BCUT2D eigenvalue weighted by Gasteiger charge is 2.20. The lowest BCUT2D eigenvalue weighted by atomic mass is 10.1. The molecule has 0 bridgehead atoms. The standard InChI is InChI=1S/C33H20N4S/c1-3-9-21(10-4-1)25-16-17-26-31(35-25)24-15-18-28-30(23-13-7-8-14-27(23)38-28)32(24)37(26)29-19-20-34-33(36-29)22-11-5-2-6-12-22/h1-20H. The van der Waals surface area contributed by atoms with Gasteiger partial charge in [0.1, 0.15) is 5.82 Å². The van der Waals surface area contributed by atoms with Crippen LogP contribution in [-0.4, -0.2) is 19.5 Å². The number of benzene rings is 4. The number of hydrogen-bond acceptors (Lipinski definition) is 4. The number of pyridine rings is 1. The monoisotopic (exact) mass is 504 g/mol. The van der Waals surface area contributed by atoms with E-state index < -0.39 is 0 Å². The van der Waals surface area contributed by atoms with Gasteiger partial charge in [-0.15, -0.1) is 11.3 Å². The average Bonchev–Trinajstić information content (AvgIpc) is 3.53. The molecule has 0 N–H and O–H groups in total. The van der Waals surface area contributed by atoms with E-state index in [0.29, 0.717) is 5.82 Å². The van der Waals surface area contributed by atoms with E-state index in [-0.39, 0.29) is 0 Å². The van der Waals surface area contributed by atoms with Crippen LogP contribution in [0.1, 0.15) is 0 Å². The fourth-order valence-corrected chi connectivity index (χ4v) is 6.49. The summed E-state index contributed by atoms with van der Waals surface area (Å²) in [5.74, 6) is 1.53. The van der Waals surface area contributed by atoms with E-state index in [9.17, 15) is 0 Å². The zero-order valence-electron chi connectivity index (χ0n) is 20.2. The average molecular weight is 505 g/mol. The van der Waals surface area contributed by atoms with E-state index in [1.54, 1.807) is 0 Å². The van der Waals surface area contributed by atoms with E-state index in [1.165, 1.54) is 20.2 Å². The second kappa shape index (κ2) is 8.33. The van der Waals surface area contributed by atoms with Gasteiger partial charge in [0.25, 0.3) is 0 Å². The lowest BCUT2D eigenvalue weighted by Crippen LogP contribution is -2.00. The first-order valence-electron chi connectivity index (χ1n) is 12.5. The van der Waals surface area contributed by atoms with E-state index in [1.807, 2.05) is 60.0 Å². The van der Waals surface area contributed by atoms with E-state index in [4.69, 9.17) is 9.97 Å². The minimum atomic E-state index is 0.703. The molecule has 5 heteroatoms. The molecule has 0 saturated heterocycles. The molecule has 8 rings (SSSR count). The number of rotatable bonds is 3. The highest BCUT2D eigenvalue weighted by molar-refractivity contribution is 7.26. The molecule has 178 valence electrons. The molecule has 4 aromatic heterocycles. The smallest absolute Gasteiger partial charge is 0.161 e. The summed E-state index contributed by atoms with van der Waals surface area (Å²) in [4.78, 5) is 14.9. The zero-order valence-corrected chi connectivity index (χ0v) is 21.1. The quantitative estimate of drug-likeness (QED) is 0.242. The first-order chi connectivity index (χ1) is 18.8. The number of thiophene rings is 1. The van der Waals surface area contributed by atoms with Crippen LogP contribution in [0.25, 0.3) is 70.6 Å². The van der Waals surface area contributed by atoms with Crippen molar-refractivity contribution < 1.29 is 0 Å². The normalized spacial score (nSPS) is 11.7. The number of fused-ring (bicyclic) bond motifs is 7. The van der Waals surface area contributed by atoms with Gasteiger partial charge in [0, 0.05) is 42.9 Å². The third kappa shape index (κ3) is 3.19. The van der Waals surface area contributed by atoms with Crippen LogP contribution in [0.2, 0.25) is 0 Å². The Morgan fingerprint density at radius 3 is 2.18 bits per heavy atom. The summed E-state index contributed by atoms with van der Waals surface area (Å²) in [6, 6.07) is 39.8. The molecule has 4 aromatic carbocycles. The van der Waals surface area contributed by atoms with Crippen molar-refractivity contribution >= 4 is 53.4 Å². The Morgan fingerprint density at radius 1 is 0.579 bits per heavy atom. The van der Waals surface area contributed by atoms with Gasteiger partial charge in [0.2, 0.25) is 0 Å². The molecule has 4 nitrogen and oxygen atoms in total. The Labute approximate surface area is 222 Å². The maximum absolute atomic E-state index is 5.21. The molecule has 0 aliphatic heterocycles. The Bertz CT molecular complexity index is 2130. The van der Waals surface area contributed by atoms with Crippen molar-refractivity contribution in [3.8, 4) is 28.5 Å². The molecule has 38 heavy (non-hydrogen) atoms. The van der Waals surface area contributed by atoms with Gasteiger partial charge >= 0.3 is 0 Å². The number of hydrogen-bond donors (Lipinski definition) is 0. The van der Waals surface area contributed by atoms with Crippen LogP contribution in [0.3, 0.4) is 0 Å². The molecular weight excluding hydrogens is 484 g/mol. The van der Waals surface area contributed by atoms with Crippen LogP contribution in [0, 0.1) is 0 Å². The molecule has 0 amide bonds. The summed E-state index contributed by atoms with van der Waals surface area (Å²) in [7, 11) is 0. The fourth-order valence-electron chi connectivity index (χ4n) is 5.38. The van der Waals surface area contributed by atoms with E-state index in [2.05, 4.69) is 82.3 Å². The molecule has 0 atom stereocenters. The predicted molar refractivity (Wildman–Crippen MR) is 158 cm³/mol. The molecule has 0 fully saturated rings. The van der Waals surface area contributed by atoms with Crippen LogP contribution < -0.4 is 0 Å². The van der Waals surface area contributed by atoms with Crippen molar-refractivity contribution in [2.45, 2.75) is 0 Å². The van der Waals surface area contributed by atoms with Crippen molar-refractivity contribution in [2.75, 3.05) is 0 Å². The van der Waals surface area contributed by atoms with Crippen LogP contribution in [0.15, 0.2) is 121 Å². The first kappa shape index (κ1) is 21.2. The van der Waals surface area contributed by atoms with Crippen molar-refractivity contribution in [1.82, 2.24) is 19.5 Å². The predicted octanol–water partition coefficient (Wildman–Crippen LogP) is 8.67. The summed E-state index contributed by atoms with van der Waals surface area (Å²) in [6.45, 7) is 0. The van der Waals surface area contributed by atoms with Crippen LogP contribution in [-0.2, 0) is 0 Å². The maximum Gasteiger partial charge on any atom is 0.161 e. The summed E-state index contributed by atoms with van der Waals surface area (Å²) in [5.41, 5.74) is 6.18. The van der Waals surface area contributed by atoms with Gasteiger partial charge in [-0.25, -0.2) is 15.0 Å². The summed E-state index contributed by atoms with van der Waals surface area (Å²) < 4.78 is 4.79. The third-order valence-electron chi connectivity index (χ3n) is 7.08. The minimum absolute atomic E-state index is 0.703. The largest absolute Gasteiger partial charge is 0.291 e. The first-order valence-corrected chi connectivity index (χ1v) is 13.4. The molecule has 0 spiro atoms. The Morgan fingerprint density at radius 2 is 1.34 bits per heavy atom. The van der Waals surface area contributed by atoms with Crippen molar-refractivity contribution in [1.29, 1.82) is 0 Å². The second-order valence-corrected chi connectivity index (χ2v) is 10.4. The van der Waals surface area contributed by atoms with E-state index >= 15 is 0 Å². The van der Waals surface area contributed by atoms with Gasteiger partial charge < -0.3 is 0 Å². The van der Waals surface area contributed by atoms with Gasteiger partial charge in [-0.2, -0.15) is 0 Å². The van der Waals surface area contributed by atoms with Gasteiger partial charge in [0.05, 0.1) is 22.2 Å². The molecule has 0 unspecified atom stereocenters. The van der Waals surface area contributed by atoms with E-state index in [0.717, 1.165) is 44.6 Å².